The maximum absolute atomic E-state index is 12.3. The van der Waals surface area contributed by atoms with Crippen LogP contribution in [0.2, 0.25) is 0 Å². The smallest absolute Gasteiger partial charge is 0.289 e. The van der Waals surface area contributed by atoms with Gasteiger partial charge in [0.2, 0.25) is 21.8 Å². The van der Waals surface area contributed by atoms with Gasteiger partial charge in [-0.2, -0.15) is 0 Å². The highest BCUT2D eigenvalue weighted by atomic mass is 16.5. The highest BCUT2D eigenvalue weighted by Crippen LogP contribution is 2.28. The molecule has 0 aliphatic rings. The van der Waals surface area contributed by atoms with Crippen molar-refractivity contribution >= 4 is 29.1 Å². The summed E-state index contributed by atoms with van der Waals surface area (Å²) >= 11 is 0. The Labute approximate surface area is 193 Å². The summed E-state index contributed by atoms with van der Waals surface area (Å²) in [6.45, 7) is 5.89. The molecule has 0 unspecified atom stereocenters. The number of hydrogen-bond acceptors (Lipinski definition) is 5. The molecule has 3 amide bonds. The molecule has 2 aromatic rings. The van der Waals surface area contributed by atoms with Gasteiger partial charge in [0.15, 0.2) is 0 Å². The minimum Gasteiger partial charge on any atom is -0.289 e. The number of carbonyl (C=O) groups is 3. The van der Waals surface area contributed by atoms with Gasteiger partial charge in [0, 0.05) is 30.3 Å². The summed E-state index contributed by atoms with van der Waals surface area (Å²) in [6.07, 6.45) is 3.44. The third-order valence-corrected chi connectivity index (χ3v) is 4.89. The molecule has 9 nitrogen and oxygen atoms in total. The van der Waals surface area contributed by atoms with Gasteiger partial charge in [-0.3, -0.25) is 24.5 Å². The van der Waals surface area contributed by atoms with Crippen molar-refractivity contribution in [3.8, 4) is 0 Å². The van der Waals surface area contributed by atoms with E-state index in [1.54, 1.807) is 34.6 Å². The number of hydroxylamine groups is 1. The standard InChI is InChI=1S/C24H29N5O4/c1-17-14-18(2)16-22(15-17)29(19(3)30)21-11-9-20(10-12-21)24(32)26-28-25-13-7-5-4-6-8-23(31)27-33/h9-12,14-16H,4-8,13H2,1-3H3,(H-,27,31,33)/p+1. The number of benzene rings is 2. The Bertz CT molecular complexity index is 1020. The quantitative estimate of drug-likeness (QED) is 0.180. The Hall–Kier alpha value is -3.68. The lowest BCUT2D eigenvalue weighted by Crippen LogP contribution is -2.23. The first kappa shape index (κ1) is 25.6. The van der Waals surface area contributed by atoms with Gasteiger partial charge in [-0.25, -0.2) is 5.48 Å². The molecule has 0 radical (unpaired) electrons. The van der Waals surface area contributed by atoms with Crippen molar-refractivity contribution in [3.05, 3.63) is 59.2 Å². The summed E-state index contributed by atoms with van der Waals surface area (Å²) < 4.78 is 0. The summed E-state index contributed by atoms with van der Waals surface area (Å²) in [7, 11) is 0. The fourth-order valence-electron chi connectivity index (χ4n) is 3.40. The number of amides is 3. The highest BCUT2D eigenvalue weighted by Gasteiger charge is 2.16. The molecule has 0 saturated carbocycles. The van der Waals surface area contributed by atoms with Crippen molar-refractivity contribution in [2.75, 3.05) is 11.4 Å². The van der Waals surface area contributed by atoms with E-state index in [0.717, 1.165) is 36.1 Å². The van der Waals surface area contributed by atoms with E-state index in [0.29, 0.717) is 24.2 Å². The first-order valence-corrected chi connectivity index (χ1v) is 10.9. The van der Waals surface area contributed by atoms with Crippen LogP contribution in [-0.2, 0) is 9.59 Å². The molecule has 2 aromatic carbocycles. The molecular formula is C24H30N5O4+. The van der Waals surface area contributed by atoms with Gasteiger partial charge in [0.25, 0.3) is 0 Å². The number of unbranched alkanes of at least 4 members (excludes halogenated alkanes) is 3. The molecule has 9 heteroatoms. The van der Waals surface area contributed by atoms with Crippen LogP contribution in [0, 0.1) is 13.8 Å². The molecule has 0 aromatic heterocycles. The van der Waals surface area contributed by atoms with Gasteiger partial charge in [-0.15, -0.1) is 0 Å². The zero-order valence-corrected chi connectivity index (χ0v) is 19.2. The molecule has 0 aliphatic heterocycles. The van der Waals surface area contributed by atoms with E-state index in [4.69, 9.17) is 5.21 Å². The molecule has 2 rings (SSSR count). The molecule has 0 heterocycles. The van der Waals surface area contributed by atoms with E-state index in [9.17, 15) is 14.4 Å². The Balaban J connectivity index is 1.92. The zero-order valence-electron chi connectivity index (χ0n) is 19.2. The van der Waals surface area contributed by atoms with Gasteiger partial charge >= 0.3 is 5.91 Å². The van der Waals surface area contributed by atoms with Crippen LogP contribution in [0.25, 0.3) is 0 Å². The van der Waals surface area contributed by atoms with Gasteiger partial charge in [0.1, 0.15) is 11.7 Å². The highest BCUT2D eigenvalue weighted by molar-refractivity contribution is 6.00. The number of nitrogens with zero attached hydrogens (tertiary/aromatic N) is 4. The summed E-state index contributed by atoms with van der Waals surface area (Å²) in [6, 6.07) is 12.5. The molecule has 0 atom stereocenters. The van der Waals surface area contributed by atoms with Crippen LogP contribution in [0.5, 0.6) is 0 Å². The van der Waals surface area contributed by atoms with E-state index >= 15 is 0 Å². The molecule has 0 fully saturated rings. The van der Waals surface area contributed by atoms with E-state index in [-0.39, 0.29) is 18.2 Å². The molecule has 0 bridgehead atoms. The van der Waals surface area contributed by atoms with E-state index in [2.05, 4.69) is 15.1 Å². The number of rotatable bonds is 10. The second kappa shape index (κ2) is 13.0. The van der Waals surface area contributed by atoms with Gasteiger partial charge in [-0.1, -0.05) is 18.9 Å². The Kier molecular flexibility index (Phi) is 10.1. The maximum atomic E-state index is 12.3. The van der Waals surface area contributed by atoms with Crippen LogP contribution in [0.15, 0.2) is 52.7 Å². The number of nitrogens with one attached hydrogen (secondary N) is 1. The van der Waals surface area contributed by atoms with Crippen LogP contribution < -0.4 is 15.3 Å². The lowest BCUT2D eigenvalue weighted by molar-refractivity contribution is -0.129. The second-order valence-electron chi connectivity index (χ2n) is 7.81. The Morgan fingerprint density at radius 2 is 1.58 bits per heavy atom. The van der Waals surface area contributed by atoms with Crippen molar-refractivity contribution in [1.82, 2.24) is 10.4 Å². The predicted molar refractivity (Wildman–Crippen MR) is 124 cm³/mol. The average molecular weight is 453 g/mol. The van der Waals surface area contributed by atoms with Crippen molar-refractivity contribution in [2.24, 2.45) is 10.2 Å². The molecule has 0 aliphatic carbocycles. The predicted octanol–water partition coefficient (Wildman–Crippen LogP) is 4.56. The van der Waals surface area contributed by atoms with Crippen LogP contribution in [0.1, 0.15) is 60.5 Å². The second-order valence-corrected chi connectivity index (χ2v) is 7.81. The normalized spacial score (nSPS) is 10.2. The van der Waals surface area contributed by atoms with Gasteiger partial charge in [0.05, 0.1) is 0 Å². The van der Waals surface area contributed by atoms with Crippen LogP contribution in [-0.4, -0.2) is 29.5 Å². The van der Waals surface area contributed by atoms with Crippen LogP contribution in [0.3, 0.4) is 0 Å². The minimum absolute atomic E-state index is 0.130. The number of anilines is 2. The van der Waals surface area contributed by atoms with Crippen molar-refractivity contribution in [1.29, 1.82) is 0 Å². The van der Waals surface area contributed by atoms with E-state index in [1.165, 1.54) is 6.92 Å². The molecule has 2 N–H and O–H groups in total. The molecule has 174 valence electrons. The summed E-state index contributed by atoms with van der Waals surface area (Å²) in [4.78, 5) is 40.6. The third-order valence-electron chi connectivity index (χ3n) is 4.89. The SMILES string of the molecule is CC(=O)N(c1ccc(C(=O)N=[N+]=NCCCCCCC(=O)NO)cc1)c1cc(C)cc(C)c1. The molecule has 0 spiro atoms. The lowest BCUT2D eigenvalue weighted by atomic mass is 10.1. The molecular weight excluding hydrogens is 422 g/mol. The number of hydrogen-bond donors (Lipinski definition) is 2. The summed E-state index contributed by atoms with van der Waals surface area (Å²) in [5.41, 5.74) is 5.49. The minimum atomic E-state index is -0.513. The van der Waals surface area contributed by atoms with Crippen molar-refractivity contribution in [2.45, 2.75) is 52.9 Å². The Morgan fingerprint density at radius 1 is 0.939 bits per heavy atom. The lowest BCUT2D eigenvalue weighted by Gasteiger charge is -2.22. The van der Waals surface area contributed by atoms with Crippen LogP contribution in [0.4, 0.5) is 11.4 Å². The Morgan fingerprint density at radius 3 is 2.18 bits per heavy atom. The van der Waals surface area contributed by atoms with E-state index < -0.39 is 5.91 Å². The average Bonchev–Trinajstić information content (AvgIpc) is 2.77. The molecule has 0 saturated heterocycles. The first-order chi connectivity index (χ1) is 15.8. The monoisotopic (exact) mass is 452 g/mol. The third kappa shape index (κ3) is 8.40. The zero-order chi connectivity index (χ0) is 24.2. The largest absolute Gasteiger partial charge is 0.360 e. The topological polar surface area (TPSA) is 126 Å². The van der Waals surface area contributed by atoms with Crippen molar-refractivity contribution < 1.29 is 19.6 Å². The van der Waals surface area contributed by atoms with Crippen LogP contribution >= 0.6 is 0 Å². The maximum Gasteiger partial charge on any atom is 0.360 e. The number of carbonyl (C=O) groups excluding carboxylic acids is 3. The first-order valence-electron chi connectivity index (χ1n) is 10.9. The van der Waals surface area contributed by atoms with Crippen molar-refractivity contribution in [3.63, 3.8) is 0 Å². The fourth-order valence-corrected chi connectivity index (χ4v) is 3.40. The number of aryl methyl sites for hydroxylation is 2. The molecule has 33 heavy (non-hydrogen) atoms. The van der Waals surface area contributed by atoms with Gasteiger partial charge < -0.3 is 0 Å². The summed E-state index contributed by atoms with van der Waals surface area (Å²) in [5.74, 6) is -1.03. The van der Waals surface area contributed by atoms with Gasteiger partial charge in [-0.05, 0) is 74.2 Å². The summed E-state index contributed by atoms with van der Waals surface area (Å²) in [5, 5.41) is 15.9. The fraction of sp³-hybridized carbons (Fsp3) is 0.375. The van der Waals surface area contributed by atoms with E-state index in [1.807, 2.05) is 32.0 Å².